The van der Waals surface area contributed by atoms with Gasteiger partial charge in [-0.2, -0.15) is 0 Å². The fourth-order valence-electron chi connectivity index (χ4n) is 7.93. The molecule has 0 aliphatic heterocycles. The number of allylic oxidation sites excluding steroid dienone is 1. The van der Waals surface area contributed by atoms with Crippen molar-refractivity contribution >= 4 is 5.78 Å². The summed E-state index contributed by atoms with van der Waals surface area (Å²) in [5.41, 5.74) is 3.06. The molecule has 0 bridgehead atoms. The molecule has 0 saturated heterocycles. The molecule has 5 rings (SSSR count). The predicted molar refractivity (Wildman–Crippen MR) is 126 cm³/mol. The maximum atomic E-state index is 12.6. The first-order chi connectivity index (χ1) is 15.7. The Morgan fingerprint density at radius 1 is 1.06 bits per heavy atom. The maximum absolute atomic E-state index is 12.6. The van der Waals surface area contributed by atoms with Gasteiger partial charge in [-0.3, -0.25) is 4.79 Å². The summed E-state index contributed by atoms with van der Waals surface area (Å²) in [6.45, 7) is 6.82. The van der Waals surface area contributed by atoms with Crippen LogP contribution >= 0.6 is 0 Å². The zero-order valence-corrected chi connectivity index (χ0v) is 20.4. The van der Waals surface area contributed by atoms with Crippen molar-refractivity contribution in [1.29, 1.82) is 0 Å². The van der Waals surface area contributed by atoms with Crippen molar-refractivity contribution in [1.82, 2.24) is 0 Å². The van der Waals surface area contributed by atoms with Gasteiger partial charge >= 0.3 is 0 Å². The van der Waals surface area contributed by atoms with E-state index in [0.717, 1.165) is 50.5 Å². The average molecular weight is 455 g/mol. The summed E-state index contributed by atoms with van der Waals surface area (Å²) in [7, 11) is 1.50. The monoisotopic (exact) mass is 454 g/mol. The average Bonchev–Trinajstić information content (AvgIpc) is 3.10. The Bertz CT molecular complexity index is 996. The number of ketones is 1. The van der Waals surface area contributed by atoms with Crippen LogP contribution < -0.4 is 4.74 Å². The number of carbonyl (C=O) groups excluding carboxylic acids is 1. The van der Waals surface area contributed by atoms with E-state index in [9.17, 15) is 15.0 Å². The molecule has 1 aromatic carbocycles. The third-order valence-electron chi connectivity index (χ3n) is 9.94. The van der Waals surface area contributed by atoms with Gasteiger partial charge in [0.05, 0.1) is 19.8 Å². The molecule has 6 atom stereocenters. The molecule has 0 aromatic heterocycles. The molecule has 5 heteroatoms. The lowest BCUT2D eigenvalue weighted by molar-refractivity contribution is -0.132. The minimum Gasteiger partial charge on any atom is -0.504 e. The molecular weight excluding hydrogens is 416 g/mol. The molecule has 33 heavy (non-hydrogen) atoms. The number of methoxy groups -OCH3 is 1. The Kier molecular flexibility index (Phi) is 5.55. The number of carbonyl (C=O) groups is 1. The van der Waals surface area contributed by atoms with Crippen LogP contribution in [0.15, 0.2) is 17.7 Å². The molecular formula is C28H38O5. The number of benzene rings is 1. The molecule has 0 heterocycles. The summed E-state index contributed by atoms with van der Waals surface area (Å²) >= 11 is 0. The van der Waals surface area contributed by atoms with Crippen LogP contribution in [-0.4, -0.2) is 29.2 Å². The summed E-state index contributed by atoms with van der Waals surface area (Å²) in [5, 5.41) is 20.2. The highest BCUT2D eigenvalue weighted by Gasteiger charge is 2.58. The number of hydrogen-bond donors (Lipinski definition) is 2. The molecule has 0 amide bonds. The first kappa shape index (κ1) is 22.8. The van der Waals surface area contributed by atoms with Crippen molar-refractivity contribution in [2.75, 3.05) is 7.11 Å². The second kappa shape index (κ2) is 8.04. The van der Waals surface area contributed by atoms with Crippen LogP contribution in [0.1, 0.15) is 76.3 Å². The smallest absolute Gasteiger partial charge is 0.201 e. The molecule has 0 radical (unpaired) electrons. The standard InChI is InChI=1S/C28H38O5/c1-16-13-17(26(32-4)25(31)24(16)30)15-33-19-9-11-27(2)18(14-19)5-6-20-21-7-8-23(29)28(21,3)12-10-22(20)27/h5,13,19-22,30-31H,6-12,14-15H2,1-4H3/t19-,20-,21-,22-,27-,28-/m0/s1. The van der Waals surface area contributed by atoms with Crippen LogP contribution in [0.25, 0.3) is 0 Å². The van der Waals surface area contributed by atoms with Crippen molar-refractivity contribution in [2.24, 2.45) is 28.6 Å². The summed E-state index contributed by atoms with van der Waals surface area (Å²) in [5.74, 6) is 2.32. The van der Waals surface area contributed by atoms with Crippen molar-refractivity contribution < 1.29 is 24.5 Å². The molecule has 2 N–H and O–H groups in total. The van der Waals surface area contributed by atoms with Crippen LogP contribution in [0, 0.1) is 35.5 Å². The highest BCUT2D eigenvalue weighted by atomic mass is 16.5. The SMILES string of the molecule is COc1c(CO[C@H]2CC[C@@]3(C)C(=CC[C@@H]4[C@@H]3CC[C@]3(C)C(=O)CC[C@@H]43)C2)cc(C)c(O)c1O. The molecule has 4 aliphatic carbocycles. The van der Waals surface area contributed by atoms with Crippen LogP contribution in [-0.2, 0) is 16.1 Å². The fraction of sp³-hybridized carbons (Fsp3) is 0.679. The lowest BCUT2D eigenvalue weighted by Gasteiger charge is -2.57. The first-order valence-electron chi connectivity index (χ1n) is 12.6. The normalized spacial score (nSPS) is 37.7. The van der Waals surface area contributed by atoms with E-state index in [0.29, 0.717) is 35.7 Å². The maximum Gasteiger partial charge on any atom is 0.201 e. The number of aryl methyl sites for hydroxylation is 1. The lowest BCUT2D eigenvalue weighted by Crippen LogP contribution is -2.50. The van der Waals surface area contributed by atoms with Gasteiger partial charge in [-0.1, -0.05) is 25.5 Å². The van der Waals surface area contributed by atoms with Gasteiger partial charge in [-0.05, 0) is 86.7 Å². The molecule has 3 fully saturated rings. The van der Waals surface area contributed by atoms with Crippen LogP contribution in [0.4, 0.5) is 0 Å². The van der Waals surface area contributed by atoms with Crippen molar-refractivity contribution in [2.45, 2.75) is 84.8 Å². The van der Waals surface area contributed by atoms with Gasteiger partial charge in [0, 0.05) is 17.4 Å². The van der Waals surface area contributed by atoms with E-state index in [1.807, 2.05) is 6.07 Å². The number of rotatable bonds is 4. The van der Waals surface area contributed by atoms with Crippen molar-refractivity contribution in [3.05, 3.63) is 28.8 Å². The third kappa shape index (κ3) is 3.41. The summed E-state index contributed by atoms with van der Waals surface area (Å²) < 4.78 is 11.7. The van der Waals surface area contributed by atoms with Gasteiger partial charge in [0.2, 0.25) is 5.75 Å². The Morgan fingerprint density at radius 3 is 2.55 bits per heavy atom. The molecule has 5 nitrogen and oxygen atoms in total. The van der Waals surface area contributed by atoms with E-state index in [-0.39, 0.29) is 34.2 Å². The zero-order valence-electron chi connectivity index (χ0n) is 20.4. The molecule has 3 saturated carbocycles. The topological polar surface area (TPSA) is 76.0 Å². The molecule has 0 unspecified atom stereocenters. The van der Waals surface area contributed by atoms with E-state index < -0.39 is 0 Å². The number of phenols is 2. The molecule has 4 aliphatic rings. The second-order valence-electron chi connectivity index (χ2n) is 11.4. The van der Waals surface area contributed by atoms with Gasteiger partial charge in [0.25, 0.3) is 0 Å². The van der Waals surface area contributed by atoms with Crippen LogP contribution in [0.3, 0.4) is 0 Å². The number of fused-ring (bicyclic) bond motifs is 5. The van der Waals surface area contributed by atoms with E-state index >= 15 is 0 Å². The Labute approximate surface area is 197 Å². The quantitative estimate of drug-likeness (QED) is 0.442. The number of ether oxygens (including phenoxy) is 2. The van der Waals surface area contributed by atoms with Crippen molar-refractivity contribution in [3.63, 3.8) is 0 Å². The number of phenolic OH excluding ortho intramolecular Hbond substituents is 2. The number of hydrogen-bond acceptors (Lipinski definition) is 5. The van der Waals surface area contributed by atoms with E-state index in [1.165, 1.54) is 13.5 Å². The van der Waals surface area contributed by atoms with Gasteiger partial charge in [0.1, 0.15) is 5.78 Å². The predicted octanol–water partition coefficient (Wildman–Crippen LogP) is 5.83. The zero-order chi connectivity index (χ0) is 23.5. The van der Waals surface area contributed by atoms with Gasteiger partial charge in [0.15, 0.2) is 11.5 Å². The summed E-state index contributed by atoms with van der Waals surface area (Å²) in [6.07, 6.45) is 10.9. The fourth-order valence-corrected chi connectivity index (χ4v) is 7.93. The second-order valence-corrected chi connectivity index (χ2v) is 11.4. The van der Waals surface area contributed by atoms with Crippen LogP contribution in [0.5, 0.6) is 17.2 Å². The minimum absolute atomic E-state index is 0.0734. The van der Waals surface area contributed by atoms with E-state index in [4.69, 9.17) is 9.47 Å². The largest absolute Gasteiger partial charge is 0.504 e. The van der Waals surface area contributed by atoms with Crippen molar-refractivity contribution in [3.8, 4) is 17.2 Å². The Balaban J connectivity index is 1.30. The van der Waals surface area contributed by atoms with Gasteiger partial charge in [-0.15, -0.1) is 0 Å². The van der Waals surface area contributed by atoms with Gasteiger partial charge in [-0.25, -0.2) is 0 Å². The molecule has 0 spiro atoms. The number of aromatic hydroxyl groups is 2. The van der Waals surface area contributed by atoms with Crippen LogP contribution in [0.2, 0.25) is 0 Å². The highest BCUT2D eigenvalue weighted by molar-refractivity contribution is 5.87. The van der Waals surface area contributed by atoms with E-state index in [1.54, 1.807) is 12.5 Å². The van der Waals surface area contributed by atoms with Gasteiger partial charge < -0.3 is 19.7 Å². The lowest BCUT2D eigenvalue weighted by atomic mass is 9.48. The van der Waals surface area contributed by atoms with E-state index in [2.05, 4.69) is 19.9 Å². The first-order valence-corrected chi connectivity index (χ1v) is 12.6. The highest BCUT2D eigenvalue weighted by Crippen LogP contribution is 2.64. The molecule has 180 valence electrons. The Hall–Kier alpha value is -2.01. The Morgan fingerprint density at radius 2 is 1.79 bits per heavy atom. The summed E-state index contributed by atoms with van der Waals surface area (Å²) in [6, 6.07) is 1.83. The summed E-state index contributed by atoms with van der Waals surface area (Å²) in [4.78, 5) is 12.6. The molecule has 1 aromatic rings. The third-order valence-corrected chi connectivity index (χ3v) is 9.94. The minimum atomic E-state index is -0.219. The number of Topliss-reactive ketones (excluding diaryl/α,β-unsaturated/α-hetero) is 1.